The van der Waals surface area contributed by atoms with Crippen LogP contribution in [0, 0.1) is 11.6 Å². The molecule has 1 aliphatic heterocycles. The normalized spacial score (nSPS) is 22.3. The van der Waals surface area contributed by atoms with Crippen molar-refractivity contribution in [3.05, 3.63) is 59.7 Å². The monoisotopic (exact) mass is 385 g/mol. The molecule has 1 heterocycles. The molecule has 4 rings (SSSR count). The van der Waals surface area contributed by atoms with Gasteiger partial charge in [0.15, 0.2) is 0 Å². The van der Waals surface area contributed by atoms with Crippen molar-refractivity contribution in [2.24, 2.45) is 0 Å². The summed E-state index contributed by atoms with van der Waals surface area (Å²) < 4.78 is 27.0. The van der Waals surface area contributed by atoms with E-state index in [1.54, 1.807) is 0 Å². The zero-order valence-corrected chi connectivity index (χ0v) is 16.0. The lowest BCUT2D eigenvalue weighted by Gasteiger charge is -2.32. The van der Waals surface area contributed by atoms with E-state index in [0.29, 0.717) is 24.1 Å². The number of hydrogen-bond acceptors (Lipinski definition) is 3. The van der Waals surface area contributed by atoms with Crippen LogP contribution in [0.5, 0.6) is 0 Å². The molecule has 0 spiro atoms. The Balaban J connectivity index is 1.30. The highest BCUT2D eigenvalue weighted by molar-refractivity contribution is 5.78. The fraction of sp³-hybridized carbons (Fsp3) is 0.409. The van der Waals surface area contributed by atoms with Crippen LogP contribution in [0.1, 0.15) is 17.9 Å². The average molecular weight is 385 g/mol. The molecule has 2 aromatic rings. The molecule has 6 heteroatoms. The van der Waals surface area contributed by atoms with Crippen molar-refractivity contribution in [3.63, 3.8) is 0 Å². The summed E-state index contributed by atoms with van der Waals surface area (Å²) in [5.74, 6) is -0.578. The van der Waals surface area contributed by atoms with Crippen LogP contribution >= 0.6 is 0 Å². The lowest BCUT2D eigenvalue weighted by molar-refractivity contribution is -0.131. The fourth-order valence-corrected chi connectivity index (χ4v) is 3.81. The first kappa shape index (κ1) is 19.0. The number of nitrogens with zero attached hydrogens (tertiary/aromatic N) is 2. The van der Waals surface area contributed by atoms with Gasteiger partial charge in [0, 0.05) is 49.8 Å². The molecule has 1 unspecified atom stereocenters. The minimum atomic E-state index is -0.573. The Labute approximate surface area is 164 Å². The van der Waals surface area contributed by atoms with Crippen molar-refractivity contribution in [1.82, 2.24) is 15.1 Å². The molecule has 1 saturated heterocycles. The predicted molar refractivity (Wildman–Crippen MR) is 105 cm³/mol. The number of nitrogens with one attached hydrogen (secondary N) is 1. The van der Waals surface area contributed by atoms with Gasteiger partial charge in [-0.3, -0.25) is 4.79 Å². The number of piperazine rings is 1. The molecule has 1 amide bonds. The van der Waals surface area contributed by atoms with Crippen LogP contribution in [0.2, 0.25) is 0 Å². The lowest BCUT2D eigenvalue weighted by atomic mass is 10.0. The van der Waals surface area contributed by atoms with Gasteiger partial charge in [-0.1, -0.05) is 24.3 Å². The summed E-state index contributed by atoms with van der Waals surface area (Å²) in [6.45, 7) is 3.83. The summed E-state index contributed by atoms with van der Waals surface area (Å²) in [4.78, 5) is 16.5. The minimum absolute atomic E-state index is 0.167. The van der Waals surface area contributed by atoms with Crippen LogP contribution in [0.25, 0.3) is 11.1 Å². The molecule has 2 atom stereocenters. The molecule has 1 N–H and O–H groups in total. The number of carbonyl (C=O) groups is 1. The topological polar surface area (TPSA) is 35.6 Å². The molecule has 1 saturated carbocycles. The second kappa shape index (κ2) is 7.97. The largest absolute Gasteiger partial charge is 0.339 e. The van der Waals surface area contributed by atoms with Gasteiger partial charge in [0.1, 0.15) is 11.6 Å². The van der Waals surface area contributed by atoms with E-state index in [9.17, 15) is 13.6 Å². The van der Waals surface area contributed by atoms with Gasteiger partial charge in [-0.05, 0) is 36.7 Å². The maximum Gasteiger partial charge on any atom is 0.236 e. The summed E-state index contributed by atoms with van der Waals surface area (Å²) in [6.07, 6.45) is 1.00. The first-order valence-electron chi connectivity index (χ1n) is 9.76. The van der Waals surface area contributed by atoms with E-state index in [4.69, 9.17) is 0 Å². The third-order valence-corrected chi connectivity index (χ3v) is 5.74. The van der Waals surface area contributed by atoms with Gasteiger partial charge in [0.05, 0.1) is 6.54 Å². The minimum Gasteiger partial charge on any atom is -0.339 e. The predicted octanol–water partition coefficient (Wildman–Crippen LogP) is 2.85. The molecule has 4 nitrogen and oxygen atoms in total. The zero-order valence-electron chi connectivity index (χ0n) is 16.0. The van der Waals surface area contributed by atoms with Gasteiger partial charge >= 0.3 is 0 Å². The van der Waals surface area contributed by atoms with Crippen LogP contribution < -0.4 is 5.32 Å². The van der Waals surface area contributed by atoms with Crippen LogP contribution in [-0.2, 0) is 4.79 Å². The highest BCUT2D eigenvalue weighted by Gasteiger charge is 2.38. The quantitative estimate of drug-likeness (QED) is 0.860. The van der Waals surface area contributed by atoms with Crippen molar-refractivity contribution in [1.29, 1.82) is 0 Å². The van der Waals surface area contributed by atoms with E-state index < -0.39 is 11.6 Å². The third-order valence-electron chi connectivity index (χ3n) is 5.74. The maximum atomic E-state index is 13.9. The van der Waals surface area contributed by atoms with E-state index in [-0.39, 0.29) is 5.91 Å². The lowest BCUT2D eigenvalue weighted by Crippen LogP contribution is -2.49. The van der Waals surface area contributed by atoms with Crippen molar-refractivity contribution in [2.45, 2.75) is 18.4 Å². The Morgan fingerprint density at radius 3 is 2.46 bits per heavy atom. The fourth-order valence-electron chi connectivity index (χ4n) is 3.81. The number of rotatable bonds is 5. The first-order chi connectivity index (χ1) is 13.5. The molecule has 0 radical (unpaired) electrons. The molecule has 1 aliphatic carbocycles. The van der Waals surface area contributed by atoms with E-state index in [2.05, 4.69) is 17.3 Å². The Morgan fingerprint density at radius 2 is 1.79 bits per heavy atom. The van der Waals surface area contributed by atoms with Gasteiger partial charge in [0.25, 0.3) is 0 Å². The Kier molecular flexibility index (Phi) is 5.42. The summed E-state index contributed by atoms with van der Waals surface area (Å²) >= 11 is 0. The Morgan fingerprint density at radius 1 is 1.07 bits per heavy atom. The van der Waals surface area contributed by atoms with Crippen LogP contribution in [0.3, 0.4) is 0 Å². The summed E-state index contributed by atoms with van der Waals surface area (Å²) in [6, 6.07) is 11.7. The van der Waals surface area contributed by atoms with E-state index in [0.717, 1.165) is 44.2 Å². The molecule has 0 aromatic heterocycles. The van der Waals surface area contributed by atoms with E-state index in [1.807, 2.05) is 29.2 Å². The SMILES string of the molecule is CN1CCN(C(=O)CN[C@H]2CC2c2ccc(-c3ccc(F)cc3F)cc2)CC1. The first-order valence-corrected chi connectivity index (χ1v) is 9.76. The number of halogens is 2. The van der Waals surface area contributed by atoms with Crippen molar-refractivity contribution in [2.75, 3.05) is 39.8 Å². The van der Waals surface area contributed by atoms with Crippen molar-refractivity contribution in [3.8, 4) is 11.1 Å². The van der Waals surface area contributed by atoms with Crippen molar-refractivity contribution >= 4 is 5.91 Å². The van der Waals surface area contributed by atoms with Crippen LogP contribution in [0.15, 0.2) is 42.5 Å². The summed E-state index contributed by atoms with van der Waals surface area (Å²) in [5.41, 5.74) is 2.31. The summed E-state index contributed by atoms with van der Waals surface area (Å²) in [5, 5.41) is 3.37. The Bertz CT molecular complexity index is 847. The third kappa shape index (κ3) is 4.23. The molecular formula is C22H25F2N3O. The molecule has 148 valence electrons. The number of carbonyl (C=O) groups excluding carboxylic acids is 1. The van der Waals surface area contributed by atoms with Crippen molar-refractivity contribution < 1.29 is 13.6 Å². The second-order valence-corrected chi connectivity index (χ2v) is 7.76. The number of hydrogen-bond donors (Lipinski definition) is 1. The molecule has 2 aliphatic rings. The van der Waals surface area contributed by atoms with Gasteiger partial charge in [-0.15, -0.1) is 0 Å². The van der Waals surface area contributed by atoms with E-state index >= 15 is 0 Å². The number of amides is 1. The standard InChI is InChI=1S/C22H25F2N3O/c1-26-8-10-27(11-9-26)22(28)14-25-21-13-19(21)16-4-2-15(3-5-16)18-7-6-17(23)12-20(18)24/h2-7,12,19,21,25H,8-11,13-14H2,1H3/t19?,21-/m0/s1. The maximum absolute atomic E-state index is 13.9. The van der Waals surface area contributed by atoms with Gasteiger partial charge < -0.3 is 15.1 Å². The highest BCUT2D eigenvalue weighted by atomic mass is 19.1. The highest BCUT2D eigenvalue weighted by Crippen LogP contribution is 2.41. The number of benzene rings is 2. The molecule has 0 bridgehead atoms. The molecule has 2 aromatic carbocycles. The van der Waals surface area contributed by atoms with Crippen LogP contribution in [0.4, 0.5) is 8.78 Å². The van der Waals surface area contributed by atoms with Gasteiger partial charge in [-0.25, -0.2) is 8.78 Å². The smallest absolute Gasteiger partial charge is 0.236 e. The van der Waals surface area contributed by atoms with E-state index in [1.165, 1.54) is 17.7 Å². The van der Waals surface area contributed by atoms with Crippen LogP contribution in [-0.4, -0.2) is 61.5 Å². The number of likely N-dealkylation sites (N-methyl/N-ethyl adjacent to an activating group) is 1. The molecule has 2 fully saturated rings. The molecule has 28 heavy (non-hydrogen) atoms. The van der Waals surface area contributed by atoms with Gasteiger partial charge in [0.2, 0.25) is 5.91 Å². The zero-order chi connectivity index (χ0) is 19.7. The average Bonchev–Trinajstić information content (AvgIpc) is 3.47. The van der Waals surface area contributed by atoms with Gasteiger partial charge in [-0.2, -0.15) is 0 Å². The Hall–Kier alpha value is -2.31. The summed E-state index contributed by atoms with van der Waals surface area (Å²) in [7, 11) is 2.07. The molecular weight excluding hydrogens is 360 g/mol. The second-order valence-electron chi connectivity index (χ2n) is 7.76.